The van der Waals surface area contributed by atoms with Crippen LogP contribution in [0.25, 0.3) is 11.1 Å². The number of hydrogen-bond acceptors (Lipinski definition) is 1. The lowest BCUT2D eigenvalue weighted by Crippen LogP contribution is -1.93. The zero-order valence-corrected chi connectivity index (χ0v) is 12.2. The summed E-state index contributed by atoms with van der Waals surface area (Å²) in [7, 11) is 0. The van der Waals surface area contributed by atoms with Crippen molar-refractivity contribution in [1.82, 2.24) is 0 Å². The molecule has 0 aliphatic heterocycles. The predicted octanol–water partition coefficient (Wildman–Crippen LogP) is 4.84. The lowest BCUT2D eigenvalue weighted by molar-refractivity contribution is 1.19. The maximum absolute atomic E-state index is 6.16. The van der Waals surface area contributed by atoms with Crippen molar-refractivity contribution in [2.45, 2.75) is 13.3 Å². The molecule has 0 saturated heterocycles. The molecule has 0 atom stereocenters. The Labute approximate surface area is 126 Å². The topological polar surface area (TPSA) is 26.0 Å². The van der Waals surface area contributed by atoms with Gasteiger partial charge in [0.15, 0.2) is 0 Å². The summed E-state index contributed by atoms with van der Waals surface area (Å²) in [5.74, 6) is 0. The summed E-state index contributed by atoms with van der Waals surface area (Å²) in [6.07, 6.45) is 0.945. The normalized spacial score (nSPS) is 10.5. The van der Waals surface area contributed by atoms with E-state index in [-0.39, 0.29) is 0 Å². The van der Waals surface area contributed by atoms with Gasteiger partial charge in [-0.15, -0.1) is 0 Å². The lowest BCUT2D eigenvalue weighted by atomic mass is 9.97. The third-order valence-electron chi connectivity index (χ3n) is 3.70. The molecule has 0 aliphatic carbocycles. The highest BCUT2D eigenvalue weighted by molar-refractivity contribution is 5.77. The highest BCUT2D eigenvalue weighted by atomic mass is 14.6. The fourth-order valence-corrected chi connectivity index (χ4v) is 2.63. The van der Waals surface area contributed by atoms with Crippen molar-refractivity contribution in [2.75, 3.05) is 5.73 Å². The molecule has 0 heterocycles. The first-order chi connectivity index (χ1) is 10.2. The van der Waals surface area contributed by atoms with Gasteiger partial charge >= 0.3 is 0 Å². The van der Waals surface area contributed by atoms with Crippen LogP contribution in [0.2, 0.25) is 0 Å². The third-order valence-corrected chi connectivity index (χ3v) is 3.70. The third kappa shape index (κ3) is 3.14. The number of rotatable bonds is 3. The SMILES string of the molecule is Cc1ccc(-c2cccc(Cc3ccccc3)c2)c(N)c1. The van der Waals surface area contributed by atoms with Gasteiger partial charge in [-0.05, 0) is 41.7 Å². The molecule has 1 heteroatoms. The Morgan fingerprint density at radius 2 is 1.52 bits per heavy atom. The molecule has 0 fully saturated rings. The van der Waals surface area contributed by atoms with E-state index in [0.29, 0.717) is 0 Å². The second-order valence-electron chi connectivity index (χ2n) is 5.45. The largest absolute Gasteiger partial charge is 0.398 e. The molecule has 0 aromatic heterocycles. The van der Waals surface area contributed by atoms with Crippen LogP contribution in [-0.2, 0) is 6.42 Å². The van der Waals surface area contributed by atoms with Crippen molar-refractivity contribution in [1.29, 1.82) is 0 Å². The van der Waals surface area contributed by atoms with Crippen molar-refractivity contribution < 1.29 is 0 Å². The molecule has 3 aromatic carbocycles. The fourth-order valence-electron chi connectivity index (χ4n) is 2.63. The van der Waals surface area contributed by atoms with Crippen LogP contribution in [0.3, 0.4) is 0 Å². The van der Waals surface area contributed by atoms with Crippen molar-refractivity contribution in [3.63, 3.8) is 0 Å². The maximum Gasteiger partial charge on any atom is 0.0396 e. The molecule has 2 N–H and O–H groups in total. The van der Waals surface area contributed by atoms with Gasteiger partial charge in [-0.2, -0.15) is 0 Å². The molecule has 3 rings (SSSR count). The quantitative estimate of drug-likeness (QED) is 0.679. The van der Waals surface area contributed by atoms with Crippen LogP contribution in [0.15, 0.2) is 72.8 Å². The van der Waals surface area contributed by atoms with E-state index in [0.717, 1.165) is 17.7 Å². The molecule has 0 amide bonds. The second kappa shape index (κ2) is 5.84. The van der Waals surface area contributed by atoms with Gasteiger partial charge in [-0.1, -0.05) is 66.7 Å². The summed E-state index contributed by atoms with van der Waals surface area (Å²) >= 11 is 0. The van der Waals surface area contributed by atoms with Crippen molar-refractivity contribution in [3.05, 3.63) is 89.5 Å². The Morgan fingerprint density at radius 3 is 2.29 bits per heavy atom. The van der Waals surface area contributed by atoms with E-state index in [4.69, 9.17) is 5.73 Å². The lowest BCUT2D eigenvalue weighted by Gasteiger charge is -2.09. The molecular formula is C20H19N. The van der Waals surface area contributed by atoms with Gasteiger partial charge in [-0.3, -0.25) is 0 Å². The minimum atomic E-state index is 0.840. The first-order valence-electron chi connectivity index (χ1n) is 7.22. The molecule has 0 spiro atoms. The zero-order chi connectivity index (χ0) is 14.7. The van der Waals surface area contributed by atoms with Gasteiger partial charge in [0.2, 0.25) is 0 Å². The molecule has 104 valence electrons. The van der Waals surface area contributed by atoms with Crippen molar-refractivity contribution >= 4 is 5.69 Å². The zero-order valence-electron chi connectivity index (χ0n) is 12.2. The predicted molar refractivity (Wildman–Crippen MR) is 90.3 cm³/mol. The van der Waals surface area contributed by atoms with E-state index in [9.17, 15) is 0 Å². The number of nitrogen functional groups attached to an aromatic ring is 1. The summed E-state index contributed by atoms with van der Waals surface area (Å²) < 4.78 is 0. The van der Waals surface area contributed by atoms with E-state index in [1.807, 2.05) is 12.1 Å². The van der Waals surface area contributed by atoms with Gasteiger partial charge < -0.3 is 5.73 Å². The van der Waals surface area contributed by atoms with Crippen molar-refractivity contribution in [3.8, 4) is 11.1 Å². The minimum absolute atomic E-state index is 0.840. The fraction of sp³-hybridized carbons (Fsp3) is 0.100. The van der Waals surface area contributed by atoms with Crippen LogP contribution >= 0.6 is 0 Å². The van der Waals surface area contributed by atoms with Gasteiger partial charge in [0.05, 0.1) is 0 Å². The number of aryl methyl sites for hydroxylation is 1. The molecular weight excluding hydrogens is 254 g/mol. The van der Waals surface area contributed by atoms with Crippen LogP contribution in [0, 0.1) is 6.92 Å². The summed E-state index contributed by atoms with van der Waals surface area (Å²) in [6.45, 7) is 2.06. The number of anilines is 1. The van der Waals surface area contributed by atoms with E-state index in [1.165, 1.54) is 22.3 Å². The van der Waals surface area contributed by atoms with Crippen molar-refractivity contribution in [2.24, 2.45) is 0 Å². The molecule has 0 aliphatic rings. The van der Waals surface area contributed by atoms with E-state index >= 15 is 0 Å². The maximum atomic E-state index is 6.16. The minimum Gasteiger partial charge on any atom is -0.398 e. The van der Waals surface area contributed by atoms with Crippen LogP contribution in [-0.4, -0.2) is 0 Å². The standard InChI is InChI=1S/C20H19N/c1-15-10-11-19(20(21)12-15)18-9-5-8-17(14-18)13-16-6-3-2-4-7-16/h2-12,14H,13,21H2,1H3. The van der Waals surface area contributed by atoms with Crippen LogP contribution in [0.1, 0.15) is 16.7 Å². The average Bonchev–Trinajstić information content (AvgIpc) is 2.48. The smallest absolute Gasteiger partial charge is 0.0396 e. The van der Waals surface area contributed by atoms with Gasteiger partial charge in [0.25, 0.3) is 0 Å². The van der Waals surface area contributed by atoms with E-state index < -0.39 is 0 Å². The van der Waals surface area contributed by atoms with Crippen LogP contribution in [0.5, 0.6) is 0 Å². The molecule has 3 aromatic rings. The first kappa shape index (κ1) is 13.4. The van der Waals surface area contributed by atoms with Gasteiger partial charge in [-0.25, -0.2) is 0 Å². The molecule has 21 heavy (non-hydrogen) atoms. The average molecular weight is 273 g/mol. The highest BCUT2D eigenvalue weighted by Crippen LogP contribution is 2.27. The summed E-state index contributed by atoms with van der Waals surface area (Å²) in [4.78, 5) is 0. The molecule has 1 nitrogen and oxygen atoms in total. The molecule has 0 saturated carbocycles. The van der Waals surface area contributed by atoms with E-state index in [1.54, 1.807) is 0 Å². The first-order valence-corrected chi connectivity index (χ1v) is 7.22. The Morgan fingerprint density at radius 1 is 0.762 bits per heavy atom. The summed E-state index contributed by atoms with van der Waals surface area (Å²) in [5, 5.41) is 0. The highest BCUT2D eigenvalue weighted by Gasteiger charge is 2.04. The monoisotopic (exact) mass is 273 g/mol. The van der Waals surface area contributed by atoms with Crippen LogP contribution in [0.4, 0.5) is 5.69 Å². The van der Waals surface area contributed by atoms with Crippen LogP contribution < -0.4 is 5.73 Å². The Balaban J connectivity index is 1.93. The molecule has 0 bridgehead atoms. The second-order valence-corrected chi connectivity index (χ2v) is 5.45. The summed E-state index contributed by atoms with van der Waals surface area (Å²) in [6, 6.07) is 25.4. The van der Waals surface area contributed by atoms with E-state index in [2.05, 4.69) is 67.6 Å². The summed E-state index contributed by atoms with van der Waals surface area (Å²) in [5.41, 5.74) is 13.1. The Hall–Kier alpha value is -2.54. The Bertz CT molecular complexity index is 745. The van der Waals surface area contributed by atoms with Gasteiger partial charge in [0, 0.05) is 11.3 Å². The number of nitrogens with two attached hydrogens (primary N) is 1. The van der Waals surface area contributed by atoms with Gasteiger partial charge in [0.1, 0.15) is 0 Å². The Kier molecular flexibility index (Phi) is 3.74. The molecule has 0 radical (unpaired) electrons. The number of benzene rings is 3. The molecule has 0 unspecified atom stereocenters. The number of hydrogen-bond donors (Lipinski definition) is 1.